The zero-order chi connectivity index (χ0) is 14.4. The summed E-state index contributed by atoms with van der Waals surface area (Å²) in [5.41, 5.74) is 0.0991. The molecule has 0 spiro atoms. The van der Waals surface area contributed by atoms with Crippen molar-refractivity contribution in [1.82, 2.24) is 15.3 Å². The fourth-order valence-corrected chi connectivity index (χ4v) is 1.59. The Kier molecular flexibility index (Phi) is 5.69. The molecule has 0 radical (unpaired) electrons. The van der Waals surface area contributed by atoms with Gasteiger partial charge in [-0.2, -0.15) is 0 Å². The zero-order valence-electron chi connectivity index (χ0n) is 11.0. The normalized spacial score (nSPS) is 12.1. The summed E-state index contributed by atoms with van der Waals surface area (Å²) in [6.45, 7) is 3.90. The predicted molar refractivity (Wildman–Crippen MR) is 69.8 cm³/mol. The Morgan fingerprint density at radius 1 is 1.37 bits per heavy atom. The molecule has 0 aliphatic carbocycles. The molecule has 1 rings (SSSR count). The summed E-state index contributed by atoms with van der Waals surface area (Å²) in [6, 6.07) is -0.699. The van der Waals surface area contributed by atoms with E-state index in [1.54, 1.807) is 0 Å². The molecule has 19 heavy (non-hydrogen) atoms. The molecule has 0 aromatic carbocycles. The number of amides is 1. The topological polar surface area (TPSA) is 81.2 Å². The van der Waals surface area contributed by atoms with Crippen LogP contribution in [0.25, 0.3) is 0 Å². The molecule has 7 heteroatoms. The Labute approximate surface area is 116 Å². The summed E-state index contributed by atoms with van der Waals surface area (Å²) in [6.07, 6.45) is 3.01. The highest BCUT2D eigenvalue weighted by Crippen LogP contribution is 2.08. The first-order valence-electron chi connectivity index (χ1n) is 5.80. The maximum Gasteiger partial charge on any atom is 0.328 e. The SMILES string of the molecule is COC(=O)C(CC(C)C)NC(=O)c1cnc(Cl)cn1. The molecule has 1 amide bonds. The Bertz CT molecular complexity index is 448. The second kappa shape index (κ2) is 7.04. The number of aromatic nitrogens is 2. The number of hydrogen-bond donors (Lipinski definition) is 1. The van der Waals surface area contributed by atoms with Gasteiger partial charge in [0.2, 0.25) is 0 Å². The highest BCUT2D eigenvalue weighted by molar-refractivity contribution is 6.29. The molecule has 0 saturated carbocycles. The van der Waals surface area contributed by atoms with Gasteiger partial charge >= 0.3 is 5.97 Å². The summed E-state index contributed by atoms with van der Waals surface area (Å²) in [4.78, 5) is 31.1. The van der Waals surface area contributed by atoms with Crippen molar-refractivity contribution in [3.05, 3.63) is 23.2 Å². The van der Waals surface area contributed by atoms with Gasteiger partial charge in [-0.3, -0.25) is 4.79 Å². The number of carbonyl (C=O) groups is 2. The smallest absolute Gasteiger partial charge is 0.328 e. The van der Waals surface area contributed by atoms with Crippen LogP contribution in [0.1, 0.15) is 30.8 Å². The van der Waals surface area contributed by atoms with Gasteiger partial charge in [0, 0.05) is 0 Å². The molecule has 0 fully saturated rings. The standard InChI is InChI=1S/C12H16ClN3O3/c1-7(2)4-8(12(18)19-3)16-11(17)9-5-15-10(13)6-14-9/h5-8H,4H2,1-3H3,(H,16,17). The molecule has 0 bridgehead atoms. The number of rotatable bonds is 5. The number of ether oxygens (including phenoxy) is 1. The van der Waals surface area contributed by atoms with E-state index in [1.807, 2.05) is 13.8 Å². The van der Waals surface area contributed by atoms with Gasteiger partial charge in [0.1, 0.15) is 16.9 Å². The lowest BCUT2D eigenvalue weighted by atomic mass is 10.0. The molecule has 1 aromatic rings. The van der Waals surface area contributed by atoms with E-state index in [1.165, 1.54) is 19.5 Å². The van der Waals surface area contributed by atoms with Crippen molar-refractivity contribution in [3.63, 3.8) is 0 Å². The van der Waals surface area contributed by atoms with Crippen LogP contribution in [0.2, 0.25) is 5.15 Å². The minimum Gasteiger partial charge on any atom is -0.467 e. The van der Waals surface area contributed by atoms with Crippen LogP contribution in [0.4, 0.5) is 0 Å². The van der Waals surface area contributed by atoms with Crippen LogP contribution in [0.15, 0.2) is 12.4 Å². The molecular formula is C12H16ClN3O3. The van der Waals surface area contributed by atoms with Gasteiger partial charge in [-0.15, -0.1) is 0 Å². The van der Waals surface area contributed by atoms with Crippen LogP contribution >= 0.6 is 11.6 Å². The second-order valence-electron chi connectivity index (χ2n) is 4.40. The van der Waals surface area contributed by atoms with E-state index in [2.05, 4.69) is 20.0 Å². The first-order valence-corrected chi connectivity index (χ1v) is 6.18. The fraction of sp³-hybridized carbons (Fsp3) is 0.500. The van der Waals surface area contributed by atoms with Crippen molar-refractivity contribution < 1.29 is 14.3 Å². The predicted octanol–water partition coefficient (Wildman–Crippen LogP) is 1.45. The average Bonchev–Trinajstić information content (AvgIpc) is 2.37. The zero-order valence-corrected chi connectivity index (χ0v) is 11.8. The number of hydrogen-bond acceptors (Lipinski definition) is 5. The largest absolute Gasteiger partial charge is 0.467 e. The first-order chi connectivity index (χ1) is 8.93. The number of nitrogens with zero attached hydrogens (tertiary/aromatic N) is 2. The van der Waals surface area contributed by atoms with Crippen molar-refractivity contribution in [1.29, 1.82) is 0 Å². The number of nitrogens with one attached hydrogen (secondary N) is 1. The molecule has 0 aliphatic heterocycles. The van der Waals surface area contributed by atoms with Gasteiger partial charge in [-0.05, 0) is 12.3 Å². The molecule has 104 valence electrons. The van der Waals surface area contributed by atoms with Crippen molar-refractivity contribution in [2.45, 2.75) is 26.3 Å². The summed E-state index contributed by atoms with van der Waals surface area (Å²) >= 11 is 5.58. The third kappa shape index (κ3) is 4.82. The van der Waals surface area contributed by atoms with Gasteiger partial charge in [-0.25, -0.2) is 14.8 Å². The lowest BCUT2D eigenvalue weighted by Gasteiger charge is -2.17. The molecule has 0 aliphatic rings. The third-order valence-corrected chi connectivity index (χ3v) is 2.55. The van der Waals surface area contributed by atoms with Crippen LogP contribution in [0.5, 0.6) is 0 Å². The number of halogens is 1. The van der Waals surface area contributed by atoms with Gasteiger partial charge in [-0.1, -0.05) is 25.4 Å². The van der Waals surface area contributed by atoms with Gasteiger partial charge in [0.05, 0.1) is 19.5 Å². The van der Waals surface area contributed by atoms with E-state index in [9.17, 15) is 9.59 Å². The van der Waals surface area contributed by atoms with Gasteiger partial charge < -0.3 is 10.1 Å². The quantitative estimate of drug-likeness (QED) is 0.828. The monoisotopic (exact) mass is 285 g/mol. The highest BCUT2D eigenvalue weighted by atomic mass is 35.5. The van der Waals surface area contributed by atoms with E-state index in [0.717, 1.165) is 0 Å². The van der Waals surface area contributed by atoms with E-state index >= 15 is 0 Å². The van der Waals surface area contributed by atoms with E-state index in [-0.39, 0.29) is 16.8 Å². The summed E-state index contributed by atoms with van der Waals surface area (Å²) < 4.78 is 4.66. The molecule has 1 atom stereocenters. The number of carbonyl (C=O) groups excluding carboxylic acids is 2. The molecule has 1 N–H and O–H groups in total. The van der Waals surface area contributed by atoms with Crippen LogP contribution in [-0.2, 0) is 9.53 Å². The Balaban J connectivity index is 2.75. The molecule has 0 saturated heterocycles. The Morgan fingerprint density at radius 3 is 2.53 bits per heavy atom. The van der Waals surface area contributed by atoms with Crippen LogP contribution in [0, 0.1) is 5.92 Å². The summed E-state index contributed by atoms with van der Waals surface area (Å²) in [5, 5.41) is 2.77. The second-order valence-corrected chi connectivity index (χ2v) is 4.79. The molecule has 1 aromatic heterocycles. The molecule has 6 nitrogen and oxygen atoms in total. The molecule has 1 unspecified atom stereocenters. The Hall–Kier alpha value is -1.69. The summed E-state index contributed by atoms with van der Waals surface area (Å²) in [7, 11) is 1.28. The van der Waals surface area contributed by atoms with Gasteiger partial charge in [0.25, 0.3) is 5.91 Å². The minimum absolute atomic E-state index is 0.0991. The van der Waals surface area contributed by atoms with Crippen LogP contribution in [-0.4, -0.2) is 35.0 Å². The van der Waals surface area contributed by atoms with Crippen molar-refractivity contribution in [2.75, 3.05) is 7.11 Å². The van der Waals surface area contributed by atoms with Crippen molar-refractivity contribution in [2.24, 2.45) is 5.92 Å². The van der Waals surface area contributed by atoms with Crippen LogP contribution < -0.4 is 5.32 Å². The maximum absolute atomic E-state index is 11.9. The van der Waals surface area contributed by atoms with Crippen molar-refractivity contribution >= 4 is 23.5 Å². The minimum atomic E-state index is -0.699. The lowest BCUT2D eigenvalue weighted by molar-refractivity contribution is -0.143. The maximum atomic E-state index is 11.9. The number of methoxy groups -OCH3 is 1. The summed E-state index contributed by atoms with van der Waals surface area (Å²) in [5.74, 6) is -0.732. The van der Waals surface area contributed by atoms with Gasteiger partial charge in [0.15, 0.2) is 0 Å². The third-order valence-electron chi connectivity index (χ3n) is 2.35. The van der Waals surface area contributed by atoms with E-state index < -0.39 is 17.9 Å². The van der Waals surface area contributed by atoms with E-state index in [4.69, 9.17) is 11.6 Å². The average molecular weight is 286 g/mol. The van der Waals surface area contributed by atoms with Crippen LogP contribution in [0.3, 0.4) is 0 Å². The van der Waals surface area contributed by atoms with E-state index in [0.29, 0.717) is 6.42 Å². The molecular weight excluding hydrogens is 270 g/mol. The Morgan fingerprint density at radius 2 is 2.05 bits per heavy atom. The highest BCUT2D eigenvalue weighted by Gasteiger charge is 2.23. The molecule has 1 heterocycles. The lowest BCUT2D eigenvalue weighted by Crippen LogP contribution is -2.42. The van der Waals surface area contributed by atoms with Crippen molar-refractivity contribution in [3.8, 4) is 0 Å². The fourth-order valence-electron chi connectivity index (χ4n) is 1.49. The number of esters is 1. The first kappa shape index (κ1) is 15.4.